The Balaban J connectivity index is 1.85. The van der Waals surface area contributed by atoms with E-state index in [1.165, 1.54) is 0 Å². The van der Waals surface area contributed by atoms with Crippen molar-refractivity contribution >= 4 is 23.9 Å². The van der Waals surface area contributed by atoms with Crippen LogP contribution in [0.1, 0.15) is 36.8 Å². The molecule has 1 aliphatic heterocycles. The molecule has 5 nitrogen and oxygen atoms in total. The lowest BCUT2D eigenvalue weighted by Crippen LogP contribution is -2.38. The Morgan fingerprint density at radius 2 is 1.89 bits per heavy atom. The topological polar surface area (TPSA) is 72.5 Å². The number of carbonyl (C=O) groups is 3. The third-order valence-electron chi connectivity index (χ3n) is 6.16. The van der Waals surface area contributed by atoms with Gasteiger partial charge in [-0.25, -0.2) is 0 Å². The van der Waals surface area contributed by atoms with Crippen LogP contribution in [-0.2, 0) is 24.5 Å². The van der Waals surface area contributed by atoms with Crippen molar-refractivity contribution in [1.29, 1.82) is 0 Å². The molecule has 1 heterocycles. The normalized spacial score (nSPS) is 28.0. The molecular formula is C23H23NO4. The highest BCUT2D eigenvalue weighted by atomic mass is 16.5. The molecule has 2 aromatic carbocycles. The van der Waals surface area contributed by atoms with Gasteiger partial charge in [-0.05, 0) is 36.5 Å². The Hall–Kier alpha value is -2.95. The molecule has 4 rings (SSSR count). The van der Waals surface area contributed by atoms with Crippen LogP contribution in [0.4, 0.5) is 5.69 Å². The van der Waals surface area contributed by atoms with Crippen LogP contribution in [0.5, 0.6) is 0 Å². The van der Waals surface area contributed by atoms with Crippen LogP contribution in [0.15, 0.2) is 54.6 Å². The third kappa shape index (κ3) is 2.73. The first-order chi connectivity index (χ1) is 13.6. The van der Waals surface area contributed by atoms with Crippen molar-refractivity contribution in [3.63, 3.8) is 0 Å². The number of para-hydroxylation sites is 1. The molecule has 2 aromatic rings. The Kier molecular flexibility index (Phi) is 4.75. The molecule has 2 aliphatic rings. The summed E-state index contributed by atoms with van der Waals surface area (Å²) >= 11 is 0. The number of nitrogens with one attached hydrogen (secondary N) is 1. The molecule has 1 aliphatic carbocycles. The summed E-state index contributed by atoms with van der Waals surface area (Å²) in [5, 5.41) is 3.00. The summed E-state index contributed by atoms with van der Waals surface area (Å²) in [4.78, 5) is 37.7. The smallest absolute Gasteiger partial charge is 0.306 e. The lowest BCUT2D eigenvalue weighted by atomic mass is 9.68. The minimum absolute atomic E-state index is 0.0965. The molecule has 0 radical (unpaired) electrons. The van der Waals surface area contributed by atoms with Gasteiger partial charge in [0, 0.05) is 23.9 Å². The predicted octanol–water partition coefficient (Wildman–Crippen LogP) is 3.45. The molecule has 1 fully saturated rings. The van der Waals surface area contributed by atoms with Crippen molar-refractivity contribution in [2.24, 2.45) is 11.8 Å². The fourth-order valence-corrected chi connectivity index (χ4v) is 5.13. The van der Waals surface area contributed by atoms with Gasteiger partial charge in [-0.2, -0.15) is 0 Å². The first-order valence-electron chi connectivity index (χ1n) is 9.68. The van der Waals surface area contributed by atoms with Gasteiger partial charge in [0.25, 0.3) is 0 Å². The van der Waals surface area contributed by atoms with Gasteiger partial charge in [-0.15, -0.1) is 0 Å². The van der Waals surface area contributed by atoms with Gasteiger partial charge >= 0.3 is 5.97 Å². The molecule has 4 atom stereocenters. The standard InChI is InChI=1S/C23H23NO4/c1-2-28-20(26)12-16-13-23(18-10-6-7-11-19(18)24-22(23)27)21(17(16)14-25)15-8-4-3-5-9-15/h3-11,14,16-17,21H,2,12-13H2,1H3,(H,24,27)/t16-,17+,21-,23-/m1/s1. The Labute approximate surface area is 164 Å². The zero-order valence-corrected chi connectivity index (χ0v) is 15.8. The van der Waals surface area contributed by atoms with Crippen LogP contribution in [0.3, 0.4) is 0 Å². The molecule has 0 saturated heterocycles. The maximum atomic E-state index is 13.3. The highest BCUT2D eigenvalue weighted by Crippen LogP contribution is 2.60. The van der Waals surface area contributed by atoms with E-state index >= 15 is 0 Å². The van der Waals surface area contributed by atoms with Gasteiger partial charge in [-0.3, -0.25) is 9.59 Å². The first kappa shape index (κ1) is 18.4. The summed E-state index contributed by atoms with van der Waals surface area (Å²) in [6.45, 7) is 2.06. The van der Waals surface area contributed by atoms with Crippen molar-refractivity contribution in [3.8, 4) is 0 Å². The molecular weight excluding hydrogens is 354 g/mol. The second kappa shape index (κ2) is 7.23. The van der Waals surface area contributed by atoms with Gasteiger partial charge in [0.1, 0.15) is 6.29 Å². The van der Waals surface area contributed by atoms with Crippen LogP contribution in [0, 0.1) is 11.8 Å². The molecule has 1 saturated carbocycles. The number of esters is 1. The summed E-state index contributed by atoms with van der Waals surface area (Å²) in [6.07, 6.45) is 1.50. The van der Waals surface area contributed by atoms with Crippen molar-refractivity contribution in [2.45, 2.75) is 31.1 Å². The van der Waals surface area contributed by atoms with Crippen molar-refractivity contribution in [3.05, 3.63) is 65.7 Å². The molecule has 5 heteroatoms. The van der Waals surface area contributed by atoms with E-state index < -0.39 is 11.3 Å². The van der Waals surface area contributed by atoms with Gasteiger partial charge < -0.3 is 14.8 Å². The third-order valence-corrected chi connectivity index (χ3v) is 6.16. The molecule has 0 unspecified atom stereocenters. The zero-order valence-electron chi connectivity index (χ0n) is 15.8. The molecule has 0 bridgehead atoms. The molecule has 1 N–H and O–H groups in total. The summed E-state index contributed by atoms with van der Waals surface area (Å²) in [7, 11) is 0. The SMILES string of the molecule is CCOC(=O)C[C@@H]1C[C@]2(C(=O)Nc3ccccc32)[C@H](c2ccccc2)[C@H]1C=O. The number of aldehydes is 1. The predicted molar refractivity (Wildman–Crippen MR) is 105 cm³/mol. The van der Waals surface area contributed by atoms with E-state index in [9.17, 15) is 14.4 Å². The van der Waals surface area contributed by atoms with E-state index in [1.54, 1.807) is 6.92 Å². The molecule has 144 valence electrons. The zero-order chi connectivity index (χ0) is 19.7. The summed E-state index contributed by atoms with van der Waals surface area (Å²) in [5.41, 5.74) is 1.78. The first-order valence-corrected chi connectivity index (χ1v) is 9.68. The number of benzene rings is 2. The quantitative estimate of drug-likeness (QED) is 0.640. The fraction of sp³-hybridized carbons (Fsp3) is 0.348. The van der Waals surface area contributed by atoms with Crippen LogP contribution < -0.4 is 5.32 Å². The second-order valence-corrected chi connectivity index (χ2v) is 7.55. The van der Waals surface area contributed by atoms with Crippen LogP contribution >= 0.6 is 0 Å². The summed E-state index contributed by atoms with van der Waals surface area (Å²) in [6, 6.07) is 17.3. The second-order valence-electron chi connectivity index (χ2n) is 7.55. The van der Waals surface area contributed by atoms with E-state index in [1.807, 2.05) is 54.6 Å². The minimum atomic E-state index is -0.860. The highest BCUT2D eigenvalue weighted by Gasteiger charge is 2.62. The number of hydrogen-bond donors (Lipinski definition) is 1. The maximum absolute atomic E-state index is 13.3. The molecule has 0 aromatic heterocycles. The Morgan fingerprint density at radius 1 is 1.18 bits per heavy atom. The van der Waals surface area contributed by atoms with Gasteiger partial charge in [0.15, 0.2) is 0 Å². The van der Waals surface area contributed by atoms with Gasteiger partial charge in [-0.1, -0.05) is 48.5 Å². The Bertz CT molecular complexity index is 910. The van der Waals surface area contributed by atoms with Crippen molar-refractivity contribution in [1.82, 2.24) is 0 Å². The van der Waals surface area contributed by atoms with Crippen LogP contribution in [-0.4, -0.2) is 24.8 Å². The average Bonchev–Trinajstić information content (AvgIpc) is 3.18. The largest absolute Gasteiger partial charge is 0.466 e. The number of carbonyl (C=O) groups excluding carboxylic acids is 3. The lowest BCUT2D eigenvalue weighted by Gasteiger charge is -2.31. The number of hydrogen-bond acceptors (Lipinski definition) is 4. The summed E-state index contributed by atoms with van der Waals surface area (Å²) in [5.74, 6) is -1.44. The Morgan fingerprint density at radius 3 is 2.61 bits per heavy atom. The highest BCUT2D eigenvalue weighted by molar-refractivity contribution is 6.07. The van der Waals surface area contributed by atoms with Crippen LogP contribution in [0.2, 0.25) is 0 Å². The van der Waals surface area contributed by atoms with Crippen molar-refractivity contribution < 1.29 is 19.1 Å². The number of rotatable bonds is 5. The number of fused-ring (bicyclic) bond motifs is 2. The summed E-state index contributed by atoms with van der Waals surface area (Å²) < 4.78 is 5.13. The molecule has 1 spiro atoms. The number of ether oxygens (including phenoxy) is 1. The average molecular weight is 377 g/mol. The number of amides is 1. The van der Waals surface area contributed by atoms with E-state index in [2.05, 4.69) is 5.32 Å². The van der Waals surface area contributed by atoms with E-state index in [4.69, 9.17) is 4.74 Å². The maximum Gasteiger partial charge on any atom is 0.306 e. The van der Waals surface area contributed by atoms with E-state index in [0.717, 1.165) is 23.1 Å². The van der Waals surface area contributed by atoms with E-state index in [-0.39, 0.29) is 30.1 Å². The molecule has 1 amide bonds. The minimum Gasteiger partial charge on any atom is -0.466 e. The van der Waals surface area contributed by atoms with Crippen molar-refractivity contribution in [2.75, 3.05) is 11.9 Å². The van der Waals surface area contributed by atoms with Gasteiger partial charge in [0.05, 0.1) is 12.0 Å². The van der Waals surface area contributed by atoms with Crippen LogP contribution in [0.25, 0.3) is 0 Å². The monoisotopic (exact) mass is 377 g/mol. The molecule has 28 heavy (non-hydrogen) atoms. The fourth-order valence-electron chi connectivity index (χ4n) is 5.13. The van der Waals surface area contributed by atoms with Gasteiger partial charge in [0.2, 0.25) is 5.91 Å². The van der Waals surface area contributed by atoms with E-state index in [0.29, 0.717) is 13.0 Å². The number of anilines is 1. The lowest BCUT2D eigenvalue weighted by molar-refractivity contribution is -0.144.